The third-order valence-corrected chi connectivity index (χ3v) is 3.78. The summed E-state index contributed by atoms with van der Waals surface area (Å²) in [6.07, 6.45) is -1.25. The summed E-state index contributed by atoms with van der Waals surface area (Å²) in [7, 11) is 0. The Morgan fingerprint density at radius 3 is 2.17 bits per heavy atom. The van der Waals surface area contributed by atoms with Gasteiger partial charge in [0.05, 0.1) is 5.92 Å². The lowest BCUT2D eigenvalue weighted by molar-refractivity contribution is -0.172. The second-order valence-electron chi connectivity index (χ2n) is 8.43. The van der Waals surface area contributed by atoms with Gasteiger partial charge in [0.1, 0.15) is 12.2 Å². The number of alkyl carbamates (subject to hydrolysis) is 1. The Labute approximate surface area is 173 Å². The van der Waals surface area contributed by atoms with Crippen molar-refractivity contribution in [3.8, 4) is 0 Å². The van der Waals surface area contributed by atoms with E-state index in [1.165, 1.54) is 0 Å². The molecule has 162 valence electrons. The molecule has 7 heteroatoms. The van der Waals surface area contributed by atoms with E-state index >= 15 is 0 Å². The largest absolute Gasteiger partial charge is 0.458 e. The maximum absolute atomic E-state index is 12.4. The van der Waals surface area contributed by atoms with Gasteiger partial charge in [-0.15, -0.1) is 0 Å². The standard InChI is InChI=1S/C22H33NO6/c1-15(2)12-18(20(25)27-14-17-10-8-7-9-11-17)28-19(24)16(3)13-23-21(26)29-22(4,5)6/h7-11,15-16,18H,12-14H2,1-6H3,(H,23,26)/t16-,18+/m1/s1. The summed E-state index contributed by atoms with van der Waals surface area (Å²) in [6, 6.07) is 9.28. The van der Waals surface area contributed by atoms with Gasteiger partial charge in [0.15, 0.2) is 6.10 Å². The number of carbonyl (C=O) groups excluding carboxylic acids is 3. The highest BCUT2D eigenvalue weighted by atomic mass is 16.6. The van der Waals surface area contributed by atoms with Crippen LogP contribution < -0.4 is 5.32 Å². The molecule has 0 aliphatic rings. The molecule has 29 heavy (non-hydrogen) atoms. The molecule has 7 nitrogen and oxygen atoms in total. The van der Waals surface area contributed by atoms with Crippen LogP contribution in [0.15, 0.2) is 30.3 Å². The number of amides is 1. The van der Waals surface area contributed by atoms with Crippen LogP contribution in [-0.2, 0) is 30.4 Å². The van der Waals surface area contributed by atoms with Gasteiger partial charge in [0.2, 0.25) is 0 Å². The minimum absolute atomic E-state index is 0.0429. The van der Waals surface area contributed by atoms with E-state index in [1.807, 2.05) is 44.2 Å². The summed E-state index contributed by atoms with van der Waals surface area (Å²) in [4.78, 5) is 36.6. The number of esters is 2. The van der Waals surface area contributed by atoms with Gasteiger partial charge in [-0.25, -0.2) is 9.59 Å². The Bertz CT molecular complexity index is 666. The van der Waals surface area contributed by atoms with E-state index in [-0.39, 0.29) is 19.1 Å². The Kier molecular flexibility index (Phi) is 9.65. The molecule has 0 saturated carbocycles. The first kappa shape index (κ1) is 24.5. The fraction of sp³-hybridized carbons (Fsp3) is 0.591. The van der Waals surface area contributed by atoms with Crippen molar-refractivity contribution >= 4 is 18.0 Å². The zero-order valence-electron chi connectivity index (χ0n) is 18.2. The molecule has 0 fully saturated rings. The lowest BCUT2D eigenvalue weighted by atomic mass is 10.1. The fourth-order valence-electron chi connectivity index (χ4n) is 2.33. The Balaban J connectivity index is 2.58. The van der Waals surface area contributed by atoms with Crippen LogP contribution in [0.3, 0.4) is 0 Å². The third kappa shape index (κ3) is 10.5. The van der Waals surface area contributed by atoms with E-state index in [4.69, 9.17) is 14.2 Å². The third-order valence-electron chi connectivity index (χ3n) is 3.78. The fourth-order valence-corrected chi connectivity index (χ4v) is 2.33. The highest BCUT2D eigenvalue weighted by Gasteiger charge is 2.28. The van der Waals surface area contributed by atoms with Crippen LogP contribution in [0.1, 0.15) is 53.5 Å². The van der Waals surface area contributed by atoms with Crippen molar-refractivity contribution in [2.75, 3.05) is 6.54 Å². The second kappa shape index (κ2) is 11.4. The second-order valence-corrected chi connectivity index (χ2v) is 8.43. The van der Waals surface area contributed by atoms with Crippen LogP contribution in [0, 0.1) is 11.8 Å². The first-order chi connectivity index (χ1) is 13.5. The smallest absolute Gasteiger partial charge is 0.407 e. The van der Waals surface area contributed by atoms with Crippen LogP contribution in [0.25, 0.3) is 0 Å². The zero-order valence-corrected chi connectivity index (χ0v) is 18.2. The molecule has 2 atom stereocenters. The van der Waals surface area contributed by atoms with Gasteiger partial charge < -0.3 is 19.5 Å². The Hall–Kier alpha value is -2.57. The number of carbonyl (C=O) groups is 3. The molecule has 0 bridgehead atoms. The number of hydrogen-bond donors (Lipinski definition) is 1. The number of rotatable bonds is 9. The van der Waals surface area contributed by atoms with Gasteiger partial charge in [0.25, 0.3) is 0 Å². The van der Waals surface area contributed by atoms with Gasteiger partial charge in [-0.1, -0.05) is 51.1 Å². The molecule has 0 spiro atoms. The van der Waals surface area contributed by atoms with E-state index < -0.39 is 35.7 Å². The molecule has 0 saturated heterocycles. The van der Waals surface area contributed by atoms with E-state index in [1.54, 1.807) is 27.7 Å². The molecule has 1 amide bonds. The highest BCUT2D eigenvalue weighted by molar-refractivity contribution is 5.80. The summed E-state index contributed by atoms with van der Waals surface area (Å²) in [5.41, 5.74) is 0.226. The van der Waals surface area contributed by atoms with Gasteiger partial charge in [0, 0.05) is 6.54 Å². The average molecular weight is 408 g/mol. The molecule has 0 aliphatic carbocycles. The number of nitrogens with one attached hydrogen (secondary N) is 1. The predicted octanol–water partition coefficient (Wildman–Crippen LogP) is 3.85. The number of ether oxygens (including phenoxy) is 3. The molecule has 0 unspecified atom stereocenters. The summed E-state index contributed by atoms with van der Waals surface area (Å²) in [6.45, 7) is 10.9. The highest BCUT2D eigenvalue weighted by Crippen LogP contribution is 2.14. The average Bonchev–Trinajstić information content (AvgIpc) is 2.62. The van der Waals surface area contributed by atoms with Crippen molar-refractivity contribution in [1.82, 2.24) is 5.32 Å². The molecule has 1 N–H and O–H groups in total. The maximum atomic E-state index is 12.4. The lowest BCUT2D eigenvalue weighted by Crippen LogP contribution is -2.38. The lowest BCUT2D eigenvalue weighted by Gasteiger charge is -2.22. The van der Waals surface area contributed by atoms with Crippen LogP contribution in [0.2, 0.25) is 0 Å². The predicted molar refractivity (Wildman–Crippen MR) is 109 cm³/mol. The molecular weight excluding hydrogens is 374 g/mol. The van der Waals surface area contributed by atoms with Crippen molar-refractivity contribution in [3.63, 3.8) is 0 Å². The Morgan fingerprint density at radius 1 is 1.00 bits per heavy atom. The summed E-state index contributed by atoms with van der Waals surface area (Å²) in [5.74, 6) is -1.67. The van der Waals surface area contributed by atoms with Crippen molar-refractivity contribution in [1.29, 1.82) is 0 Å². The quantitative estimate of drug-likeness (QED) is 0.494. The van der Waals surface area contributed by atoms with Crippen molar-refractivity contribution in [3.05, 3.63) is 35.9 Å². The minimum atomic E-state index is -0.991. The van der Waals surface area contributed by atoms with Gasteiger partial charge >= 0.3 is 18.0 Å². The first-order valence-electron chi connectivity index (χ1n) is 9.86. The molecular formula is C22H33NO6. The van der Waals surface area contributed by atoms with Gasteiger partial charge in [-0.2, -0.15) is 0 Å². The minimum Gasteiger partial charge on any atom is -0.458 e. The van der Waals surface area contributed by atoms with Crippen molar-refractivity contribution in [2.24, 2.45) is 11.8 Å². The molecule has 0 aromatic heterocycles. The zero-order chi connectivity index (χ0) is 22.0. The SMILES string of the molecule is CC(C)C[C@H](OC(=O)[C@H](C)CNC(=O)OC(C)(C)C)C(=O)OCc1ccccc1. The van der Waals surface area contributed by atoms with Crippen molar-refractivity contribution in [2.45, 2.75) is 66.3 Å². The molecule has 0 aliphatic heterocycles. The summed E-state index contributed by atoms with van der Waals surface area (Å²) in [5, 5.41) is 2.53. The maximum Gasteiger partial charge on any atom is 0.407 e. The number of benzene rings is 1. The number of hydrogen-bond acceptors (Lipinski definition) is 6. The van der Waals surface area contributed by atoms with Crippen LogP contribution in [-0.4, -0.2) is 36.3 Å². The molecule has 1 rings (SSSR count). The molecule has 1 aromatic carbocycles. The summed E-state index contributed by atoms with van der Waals surface area (Å²) < 4.78 is 15.9. The van der Waals surface area contributed by atoms with Crippen LogP contribution >= 0.6 is 0 Å². The van der Waals surface area contributed by atoms with Gasteiger partial charge in [-0.3, -0.25) is 4.79 Å². The monoisotopic (exact) mass is 407 g/mol. The van der Waals surface area contributed by atoms with E-state index in [0.29, 0.717) is 6.42 Å². The van der Waals surface area contributed by atoms with Crippen molar-refractivity contribution < 1.29 is 28.6 Å². The first-order valence-corrected chi connectivity index (χ1v) is 9.86. The molecule has 0 heterocycles. The topological polar surface area (TPSA) is 90.9 Å². The molecule has 0 radical (unpaired) electrons. The van der Waals surface area contributed by atoms with E-state index in [9.17, 15) is 14.4 Å². The van der Waals surface area contributed by atoms with Gasteiger partial charge in [-0.05, 0) is 38.7 Å². The normalized spacial score (nSPS) is 13.3. The van der Waals surface area contributed by atoms with E-state index in [2.05, 4.69) is 5.32 Å². The summed E-state index contributed by atoms with van der Waals surface area (Å²) >= 11 is 0. The van der Waals surface area contributed by atoms with E-state index in [0.717, 1.165) is 5.56 Å². The van der Waals surface area contributed by atoms with Crippen LogP contribution in [0.4, 0.5) is 4.79 Å². The Morgan fingerprint density at radius 2 is 1.62 bits per heavy atom. The molecule has 1 aromatic rings. The van der Waals surface area contributed by atoms with Crippen LogP contribution in [0.5, 0.6) is 0 Å².